The van der Waals surface area contributed by atoms with Gasteiger partial charge in [0.1, 0.15) is 10.2 Å². The Bertz CT molecular complexity index is 420. The second-order valence-corrected chi connectivity index (χ2v) is 4.05. The standard InChI is InChI=1S/C9H7ClN4S/c10-8-4-13-7(3-14-8)6-15-9-5-11-1-2-12-9/h1-5H,6H2. The smallest absolute Gasteiger partial charge is 0.147 e. The zero-order chi connectivity index (χ0) is 10.5. The van der Waals surface area contributed by atoms with E-state index in [4.69, 9.17) is 11.6 Å². The molecule has 0 amide bonds. The van der Waals surface area contributed by atoms with Crippen molar-refractivity contribution >= 4 is 23.4 Å². The third kappa shape index (κ3) is 3.14. The van der Waals surface area contributed by atoms with Gasteiger partial charge in [0.05, 0.1) is 24.3 Å². The molecule has 0 aliphatic rings. The number of rotatable bonds is 3. The molecule has 0 radical (unpaired) electrons. The molecule has 2 aromatic rings. The number of halogens is 1. The van der Waals surface area contributed by atoms with E-state index in [1.165, 1.54) is 6.20 Å². The molecule has 6 heteroatoms. The van der Waals surface area contributed by atoms with Gasteiger partial charge in [0.15, 0.2) is 0 Å². The van der Waals surface area contributed by atoms with Crippen molar-refractivity contribution in [2.45, 2.75) is 10.8 Å². The number of aromatic nitrogens is 4. The van der Waals surface area contributed by atoms with Crippen molar-refractivity contribution in [1.82, 2.24) is 19.9 Å². The van der Waals surface area contributed by atoms with Gasteiger partial charge < -0.3 is 0 Å². The summed E-state index contributed by atoms with van der Waals surface area (Å²) in [5.74, 6) is 0.711. The van der Waals surface area contributed by atoms with Gasteiger partial charge in [-0.05, 0) is 0 Å². The second kappa shape index (κ2) is 5.04. The summed E-state index contributed by atoms with van der Waals surface area (Å²) in [7, 11) is 0. The molecule has 0 bridgehead atoms. The molecule has 0 unspecified atom stereocenters. The molecule has 0 N–H and O–H groups in total. The molecule has 0 aliphatic heterocycles. The largest absolute Gasteiger partial charge is 0.260 e. The fourth-order valence-electron chi connectivity index (χ4n) is 0.921. The first-order valence-electron chi connectivity index (χ1n) is 4.20. The van der Waals surface area contributed by atoms with Gasteiger partial charge in [0.25, 0.3) is 0 Å². The van der Waals surface area contributed by atoms with E-state index in [1.807, 2.05) is 0 Å². The van der Waals surface area contributed by atoms with E-state index in [1.54, 1.807) is 36.5 Å². The molecule has 0 aliphatic carbocycles. The average molecular weight is 239 g/mol. The molecule has 76 valence electrons. The van der Waals surface area contributed by atoms with Crippen molar-refractivity contribution in [3.63, 3.8) is 0 Å². The molecule has 4 nitrogen and oxygen atoms in total. The van der Waals surface area contributed by atoms with Crippen LogP contribution < -0.4 is 0 Å². The Morgan fingerprint density at radius 1 is 1.07 bits per heavy atom. The minimum atomic E-state index is 0.406. The quantitative estimate of drug-likeness (QED) is 0.768. The summed E-state index contributed by atoms with van der Waals surface area (Å²) in [5.41, 5.74) is 0.870. The number of thioether (sulfide) groups is 1. The third-order valence-electron chi connectivity index (χ3n) is 1.58. The summed E-state index contributed by atoms with van der Waals surface area (Å²) in [6.45, 7) is 0. The van der Waals surface area contributed by atoms with Gasteiger partial charge in [-0.3, -0.25) is 9.97 Å². The van der Waals surface area contributed by atoms with Crippen molar-refractivity contribution in [3.05, 3.63) is 41.8 Å². The lowest BCUT2D eigenvalue weighted by atomic mass is 10.5. The van der Waals surface area contributed by atoms with Gasteiger partial charge in [-0.25, -0.2) is 9.97 Å². The normalized spacial score (nSPS) is 10.2. The molecule has 0 saturated heterocycles. The van der Waals surface area contributed by atoms with Crippen LogP contribution in [0.2, 0.25) is 5.15 Å². The van der Waals surface area contributed by atoms with Crippen LogP contribution in [0.5, 0.6) is 0 Å². The monoisotopic (exact) mass is 238 g/mol. The Balaban J connectivity index is 1.96. The molecule has 0 aromatic carbocycles. The molecular weight excluding hydrogens is 232 g/mol. The third-order valence-corrected chi connectivity index (χ3v) is 2.72. The second-order valence-electron chi connectivity index (χ2n) is 2.66. The molecule has 2 heterocycles. The lowest BCUT2D eigenvalue weighted by molar-refractivity contribution is 1.05. The number of nitrogens with zero attached hydrogens (tertiary/aromatic N) is 4. The van der Waals surface area contributed by atoms with Crippen LogP contribution in [0.15, 0.2) is 36.0 Å². The van der Waals surface area contributed by atoms with Crippen LogP contribution in [-0.2, 0) is 5.75 Å². The van der Waals surface area contributed by atoms with Gasteiger partial charge in [-0.2, -0.15) is 0 Å². The molecule has 2 rings (SSSR count). The van der Waals surface area contributed by atoms with Gasteiger partial charge in [0, 0.05) is 18.1 Å². The maximum Gasteiger partial charge on any atom is 0.147 e. The first-order valence-corrected chi connectivity index (χ1v) is 5.56. The summed E-state index contributed by atoms with van der Waals surface area (Å²) in [4.78, 5) is 16.2. The Morgan fingerprint density at radius 3 is 2.67 bits per heavy atom. The maximum atomic E-state index is 5.63. The molecule has 0 saturated carbocycles. The number of hydrogen-bond donors (Lipinski definition) is 0. The first kappa shape index (κ1) is 10.3. The van der Waals surface area contributed by atoms with Crippen molar-refractivity contribution in [2.24, 2.45) is 0 Å². The summed E-state index contributed by atoms with van der Waals surface area (Å²) < 4.78 is 0. The molecule has 2 aromatic heterocycles. The lowest BCUT2D eigenvalue weighted by Crippen LogP contribution is -1.89. The van der Waals surface area contributed by atoms with E-state index in [-0.39, 0.29) is 0 Å². The Kier molecular flexibility index (Phi) is 3.47. The van der Waals surface area contributed by atoms with E-state index in [9.17, 15) is 0 Å². The fraction of sp³-hybridized carbons (Fsp3) is 0.111. The van der Waals surface area contributed by atoms with Crippen LogP contribution in [0.3, 0.4) is 0 Å². The van der Waals surface area contributed by atoms with Crippen molar-refractivity contribution in [3.8, 4) is 0 Å². The molecule has 0 fully saturated rings. The Labute approximate surface area is 96.2 Å². The zero-order valence-electron chi connectivity index (χ0n) is 7.67. The molecular formula is C9H7ClN4S. The van der Waals surface area contributed by atoms with Gasteiger partial charge in [-0.15, -0.1) is 0 Å². The van der Waals surface area contributed by atoms with Gasteiger partial charge in [-0.1, -0.05) is 23.4 Å². The molecule has 15 heavy (non-hydrogen) atoms. The summed E-state index contributed by atoms with van der Waals surface area (Å²) >= 11 is 7.19. The SMILES string of the molecule is Clc1cnc(CSc2cnccn2)cn1. The lowest BCUT2D eigenvalue weighted by Gasteiger charge is -1.99. The van der Waals surface area contributed by atoms with Gasteiger partial charge in [0.2, 0.25) is 0 Å². The van der Waals surface area contributed by atoms with Crippen molar-refractivity contribution in [1.29, 1.82) is 0 Å². The van der Waals surface area contributed by atoms with Crippen molar-refractivity contribution in [2.75, 3.05) is 0 Å². The minimum Gasteiger partial charge on any atom is -0.260 e. The topological polar surface area (TPSA) is 51.6 Å². The average Bonchev–Trinajstić information content (AvgIpc) is 2.30. The van der Waals surface area contributed by atoms with E-state index >= 15 is 0 Å². The van der Waals surface area contributed by atoms with E-state index in [2.05, 4.69) is 19.9 Å². The van der Waals surface area contributed by atoms with Crippen molar-refractivity contribution < 1.29 is 0 Å². The van der Waals surface area contributed by atoms with Crippen LogP contribution in [0.25, 0.3) is 0 Å². The van der Waals surface area contributed by atoms with E-state index in [0.29, 0.717) is 10.9 Å². The minimum absolute atomic E-state index is 0.406. The molecule has 0 atom stereocenters. The van der Waals surface area contributed by atoms with E-state index < -0.39 is 0 Å². The highest BCUT2D eigenvalue weighted by Gasteiger charge is 1.99. The summed E-state index contributed by atoms with van der Waals surface area (Å²) in [6, 6.07) is 0. The van der Waals surface area contributed by atoms with Crippen LogP contribution >= 0.6 is 23.4 Å². The van der Waals surface area contributed by atoms with Crippen LogP contribution in [-0.4, -0.2) is 19.9 Å². The first-order chi connectivity index (χ1) is 7.34. The predicted molar refractivity (Wildman–Crippen MR) is 58.6 cm³/mol. The molecule has 0 spiro atoms. The van der Waals surface area contributed by atoms with Crippen LogP contribution in [0, 0.1) is 0 Å². The highest BCUT2D eigenvalue weighted by molar-refractivity contribution is 7.98. The Morgan fingerprint density at radius 2 is 2.00 bits per heavy atom. The fourth-order valence-corrected chi connectivity index (χ4v) is 1.73. The van der Waals surface area contributed by atoms with E-state index in [0.717, 1.165) is 10.7 Å². The number of hydrogen-bond acceptors (Lipinski definition) is 5. The highest BCUT2D eigenvalue weighted by atomic mass is 35.5. The predicted octanol–water partition coefficient (Wildman–Crippen LogP) is 2.21. The Hall–Kier alpha value is -1.20. The van der Waals surface area contributed by atoms with Crippen LogP contribution in [0.4, 0.5) is 0 Å². The summed E-state index contributed by atoms with van der Waals surface area (Å²) in [6.07, 6.45) is 8.22. The van der Waals surface area contributed by atoms with Crippen LogP contribution in [0.1, 0.15) is 5.69 Å². The van der Waals surface area contributed by atoms with Gasteiger partial charge >= 0.3 is 0 Å². The highest BCUT2D eigenvalue weighted by Crippen LogP contribution is 2.17. The zero-order valence-corrected chi connectivity index (χ0v) is 9.24. The summed E-state index contributed by atoms with van der Waals surface area (Å²) in [5, 5.41) is 1.28. The maximum absolute atomic E-state index is 5.63.